The molecule has 5 heteroatoms. The van der Waals surface area contributed by atoms with E-state index in [4.69, 9.17) is 5.73 Å². The molecule has 0 aliphatic rings. The van der Waals surface area contributed by atoms with Gasteiger partial charge in [0.15, 0.2) is 0 Å². The van der Waals surface area contributed by atoms with Gasteiger partial charge in [0.05, 0.1) is 7.11 Å². The lowest BCUT2D eigenvalue weighted by molar-refractivity contribution is -0.142. The number of esters is 1. The van der Waals surface area contributed by atoms with Gasteiger partial charge < -0.3 is 20.7 Å². The number of carbonyl (C=O) groups excluding carboxylic acids is 1. The molecule has 4 N–H and O–H groups in total. The van der Waals surface area contributed by atoms with Gasteiger partial charge in [-0.2, -0.15) is 0 Å². The van der Waals surface area contributed by atoms with E-state index < -0.39 is 12.0 Å². The average molecular weight is 253 g/mol. The maximum Gasteiger partial charge on any atom is 0.322 e. The number of ether oxygens (including phenoxy) is 1. The van der Waals surface area contributed by atoms with Gasteiger partial charge >= 0.3 is 5.97 Å². The van der Waals surface area contributed by atoms with Crippen LogP contribution in [0, 0.1) is 0 Å². The van der Waals surface area contributed by atoms with Gasteiger partial charge in [0.25, 0.3) is 0 Å². The van der Waals surface area contributed by atoms with Crippen molar-refractivity contribution in [3.63, 3.8) is 0 Å². The summed E-state index contributed by atoms with van der Waals surface area (Å²) in [5, 5.41) is 19.0. The fraction of sp³-hybridized carbons (Fsp3) is 0.462. The molecule has 1 aromatic carbocycles. The Bertz CT molecular complexity index is 419. The van der Waals surface area contributed by atoms with Crippen LogP contribution in [0.2, 0.25) is 0 Å². The molecule has 0 heterocycles. The molecule has 0 aliphatic heterocycles. The molecule has 0 saturated heterocycles. The molecule has 1 rings (SSSR count). The summed E-state index contributed by atoms with van der Waals surface area (Å²) in [6, 6.07) is 3.71. The molecule has 0 aromatic heterocycles. The standard InChI is InChI=1S/C13H19NO4/c1-3-8(6-11(14)13(17)18-2)10-5-4-9(15)7-12(10)16/h4-5,7-8,11,15-16H,3,6,14H2,1-2H3. The van der Waals surface area contributed by atoms with E-state index in [-0.39, 0.29) is 17.4 Å². The van der Waals surface area contributed by atoms with Crippen LogP contribution < -0.4 is 5.73 Å². The normalized spacial score (nSPS) is 13.9. The van der Waals surface area contributed by atoms with Crippen molar-refractivity contribution in [2.45, 2.75) is 31.7 Å². The summed E-state index contributed by atoms with van der Waals surface area (Å²) in [6.45, 7) is 1.95. The van der Waals surface area contributed by atoms with Crippen molar-refractivity contribution >= 4 is 5.97 Å². The maximum atomic E-state index is 11.3. The van der Waals surface area contributed by atoms with E-state index in [1.165, 1.54) is 19.2 Å². The molecule has 18 heavy (non-hydrogen) atoms. The number of phenolic OH excluding ortho intramolecular Hbond substituents is 2. The Labute approximate surface area is 106 Å². The first-order valence-electron chi connectivity index (χ1n) is 5.84. The van der Waals surface area contributed by atoms with E-state index in [2.05, 4.69) is 4.74 Å². The monoisotopic (exact) mass is 253 g/mol. The zero-order valence-corrected chi connectivity index (χ0v) is 10.6. The summed E-state index contributed by atoms with van der Waals surface area (Å²) in [5.74, 6) is -0.506. The van der Waals surface area contributed by atoms with Crippen LogP contribution in [0.15, 0.2) is 18.2 Å². The lowest BCUT2D eigenvalue weighted by Gasteiger charge is -2.19. The SMILES string of the molecule is CCC(CC(N)C(=O)OC)c1ccc(O)cc1O. The summed E-state index contributed by atoms with van der Waals surface area (Å²) >= 11 is 0. The van der Waals surface area contributed by atoms with Crippen LogP contribution in [0.3, 0.4) is 0 Å². The maximum absolute atomic E-state index is 11.3. The summed E-state index contributed by atoms with van der Waals surface area (Å²) in [6.07, 6.45) is 1.12. The summed E-state index contributed by atoms with van der Waals surface area (Å²) < 4.78 is 4.58. The third kappa shape index (κ3) is 3.37. The number of phenols is 2. The quantitative estimate of drug-likeness (QED) is 0.691. The molecule has 5 nitrogen and oxygen atoms in total. The summed E-state index contributed by atoms with van der Waals surface area (Å²) in [7, 11) is 1.29. The predicted molar refractivity (Wildman–Crippen MR) is 67.4 cm³/mol. The molecule has 0 saturated carbocycles. The van der Waals surface area contributed by atoms with Crippen LogP contribution >= 0.6 is 0 Å². The topological polar surface area (TPSA) is 92.8 Å². The molecule has 0 amide bonds. The first-order chi connectivity index (χ1) is 8.49. The second-order valence-electron chi connectivity index (χ2n) is 4.21. The van der Waals surface area contributed by atoms with Gasteiger partial charge in [0.2, 0.25) is 0 Å². The molecule has 0 spiro atoms. The van der Waals surface area contributed by atoms with Crippen LogP contribution in [0.4, 0.5) is 0 Å². The van der Waals surface area contributed by atoms with E-state index in [0.29, 0.717) is 12.0 Å². The van der Waals surface area contributed by atoms with Crippen molar-refractivity contribution < 1.29 is 19.7 Å². The Kier molecular flexibility index (Phi) is 4.97. The Morgan fingerprint density at radius 2 is 2.11 bits per heavy atom. The highest BCUT2D eigenvalue weighted by atomic mass is 16.5. The van der Waals surface area contributed by atoms with Crippen molar-refractivity contribution in [2.75, 3.05) is 7.11 Å². The van der Waals surface area contributed by atoms with Gasteiger partial charge in [0.1, 0.15) is 17.5 Å². The molecule has 2 atom stereocenters. The molecular formula is C13H19NO4. The van der Waals surface area contributed by atoms with Crippen molar-refractivity contribution in [2.24, 2.45) is 5.73 Å². The van der Waals surface area contributed by atoms with E-state index in [9.17, 15) is 15.0 Å². The lowest BCUT2D eigenvalue weighted by Crippen LogP contribution is -2.33. The fourth-order valence-corrected chi connectivity index (χ4v) is 1.94. The van der Waals surface area contributed by atoms with Gasteiger partial charge in [-0.15, -0.1) is 0 Å². The van der Waals surface area contributed by atoms with E-state index in [1.54, 1.807) is 6.07 Å². The van der Waals surface area contributed by atoms with Gasteiger partial charge in [-0.05, 0) is 30.4 Å². The number of methoxy groups -OCH3 is 1. The van der Waals surface area contributed by atoms with Crippen molar-refractivity contribution in [1.29, 1.82) is 0 Å². The number of nitrogens with two attached hydrogens (primary N) is 1. The second-order valence-corrected chi connectivity index (χ2v) is 4.21. The highest BCUT2D eigenvalue weighted by Gasteiger charge is 2.22. The molecule has 100 valence electrons. The van der Waals surface area contributed by atoms with Crippen LogP contribution in [-0.4, -0.2) is 29.3 Å². The summed E-state index contributed by atoms with van der Waals surface area (Å²) in [5.41, 5.74) is 6.39. The van der Waals surface area contributed by atoms with Crippen LogP contribution in [0.1, 0.15) is 31.2 Å². The molecule has 2 unspecified atom stereocenters. The Balaban J connectivity index is 2.86. The van der Waals surface area contributed by atoms with Gasteiger partial charge in [-0.1, -0.05) is 13.0 Å². The highest BCUT2D eigenvalue weighted by Crippen LogP contribution is 2.33. The number of hydrogen-bond donors (Lipinski definition) is 3. The Hall–Kier alpha value is -1.75. The lowest BCUT2D eigenvalue weighted by atomic mass is 9.89. The molecule has 0 bridgehead atoms. The van der Waals surface area contributed by atoms with Crippen LogP contribution in [-0.2, 0) is 9.53 Å². The van der Waals surface area contributed by atoms with Gasteiger partial charge in [-0.25, -0.2) is 0 Å². The fourth-order valence-electron chi connectivity index (χ4n) is 1.94. The van der Waals surface area contributed by atoms with E-state index in [0.717, 1.165) is 6.42 Å². The minimum absolute atomic E-state index is 0.00312. The van der Waals surface area contributed by atoms with Gasteiger partial charge in [0, 0.05) is 6.07 Å². The molecule has 0 aliphatic carbocycles. The average Bonchev–Trinajstić information content (AvgIpc) is 2.35. The molecule has 0 radical (unpaired) electrons. The minimum Gasteiger partial charge on any atom is -0.508 e. The Morgan fingerprint density at radius 1 is 1.44 bits per heavy atom. The smallest absolute Gasteiger partial charge is 0.322 e. The predicted octanol–water partition coefficient (Wildman–Crippen LogP) is 1.48. The zero-order chi connectivity index (χ0) is 13.7. The number of rotatable bonds is 5. The molecule has 0 fully saturated rings. The third-order valence-corrected chi connectivity index (χ3v) is 2.99. The van der Waals surface area contributed by atoms with Crippen molar-refractivity contribution in [1.82, 2.24) is 0 Å². The number of benzene rings is 1. The summed E-state index contributed by atoms with van der Waals surface area (Å²) in [4.78, 5) is 11.3. The van der Waals surface area contributed by atoms with Gasteiger partial charge in [-0.3, -0.25) is 4.79 Å². The van der Waals surface area contributed by atoms with Crippen molar-refractivity contribution in [3.8, 4) is 11.5 Å². The largest absolute Gasteiger partial charge is 0.508 e. The second kappa shape index (κ2) is 6.26. The number of aromatic hydroxyl groups is 2. The Morgan fingerprint density at radius 3 is 2.61 bits per heavy atom. The van der Waals surface area contributed by atoms with Crippen LogP contribution in [0.5, 0.6) is 11.5 Å². The first kappa shape index (κ1) is 14.3. The van der Waals surface area contributed by atoms with E-state index in [1.807, 2.05) is 6.92 Å². The van der Waals surface area contributed by atoms with Crippen molar-refractivity contribution in [3.05, 3.63) is 23.8 Å². The minimum atomic E-state index is -0.715. The zero-order valence-electron chi connectivity index (χ0n) is 10.6. The first-order valence-corrected chi connectivity index (χ1v) is 5.84. The van der Waals surface area contributed by atoms with E-state index >= 15 is 0 Å². The number of carbonyl (C=O) groups is 1. The highest BCUT2D eigenvalue weighted by molar-refractivity contribution is 5.75. The molecule has 1 aromatic rings. The number of hydrogen-bond acceptors (Lipinski definition) is 5. The molecular weight excluding hydrogens is 234 g/mol. The third-order valence-electron chi connectivity index (χ3n) is 2.99. The van der Waals surface area contributed by atoms with Crippen LogP contribution in [0.25, 0.3) is 0 Å².